The lowest BCUT2D eigenvalue weighted by Crippen LogP contribution is -2.29. The number of hydrogen-bond donors (Lipinski definition) is 0. The van der Waals surface area contributed by atoms with E-state index in [1.165, 1.54) is 0 Å². The Balaban J connectivity index is 1.94. The van der Waals surface area contributed by atoms with Crippen molar-refractivity contribution < 1.29 is 9.53 Å². The van der Waals surface area contributed by atoms with Gasteiger partial charge in [0.1, 0.15) is 6.61 Å². The van der Waals surface area contributed by atoms with Gasteiger partial charge in [-0.05, 0) is 43.3 Å². The molecule has 1 aliphatic rings. The summed E-state index contributed by atoms with van der Waals surface area (Å²) in [5.41, 5.74) is 0. The van der Waals surface area contributed by atoms with E-state index in [1.807, 2.05) is 17.5 Å². The zero-order valence-corrected chi connectivity index (χ0v) is 13.8. The number of likely N-dealkylation sites (N-methyl/N-ethyl adjacent to an activating group) is 1. The van der Waals surface area contributed by atoms with Gasteiger partial charge in [0.05, 0.1) is 5.92 Å². The Bertz CT molecular complexity index is 451. The molecule has 21 heavy (non-hydrogen) atoms. The first-order valence-electron chi connectivity index (χ1n) is 7.85. The van der Waals surface area contributed by atoms with Crippen LogP contribution in [0.1, 0.15) is 37.5 Å². The predicted molar refractivity (Wildman–Crippen MR) is 87.7 cm³/mol. The Hall–Kier alpha value is -1.13. The first kappa shape index (κ1) is 16.2. The highest BCUT2D eigenvalue weighted by molar-refractivity contribution is 7.10. The molecule has 0 bridgehead atoms. The smallest absolute Gasteiger partial charge is 0.314 e. The number of carbonyl (C=O) groups is 1. The fraction of sp³-hybridized carbons (Fsp3) is 0.588. The summed E-state index contributed by atoms with van der Waals surface area (Å²) in [4.78, 5) is 15.9. The van der Waals surface area contributed by atoms with E-state index in [0.29, 0.717) is 12.5 Å². The van der Waals surface area contributed by atoms with Gasteiger partial charge in [0.2, 0.25) is 0 Å². The minimum atomic E-state index is -0.125. The molecule has 2 atom stereocenters. The average Bonchev–Trinajstić information content (AvgIpc) is 3.18. The monoisotopic (exact) mass is 307 g/mol. The van der Waals surface area contributed by atoms with E-state index >= 15 is 0 Å². The van der Waals surface area contributed by atoms with Crippen LogP contribution in [0.3, 0.4) is 0 Å². The molecule has 1 aromatic rings. The molecule has 116 valence electrons. The summed E-state index contributed by atoms with van der Waals surface area (Å²) in [7, 11) is 0. The molecule has 3 nitrogen and oxygen atoms in total. The largest absolute Gasteiger partial charge is 0.464 e. The molecule has 0 saturated carbocycles. The van der Waals surface area contributed by atoms with Gasteiger partial charge >= 0.3 is 5.97 Å². The number of nitrogens with zero attached hydrogens (tertiary/aromatic N) is 1. The van der Waals surface area contributed by atoms with Crippen LogP contribution < -0.4 is 0 Å². The molecule has 1 aliphatic carbocycles. The van der Waals surface area contributed by atoms with Crippen LogP contribution in [0.15, 0.2) is 29.7 Å². The van der Waals surface area contributed by atoms with Crippen LogP contribution >= 0.6 is 11.3 Å². The van der Waals surface area contributed by atoms with Gasteiger partial charge in [0.15, 0.2) is 0 Å². The van der Waals surface area contributed by atoms with Crippen LogP contribution in [0.25, 0.3) is 0 Å². The van der Waals surface area contributed by atoms with Crippen LogP contribution in [-0.4, -0.2) is 37.1 Å². The highest BCUT2D eigenvalue weighted by atomic mass is 32.1. The fourth-order valence-electron chi connectivity index (χ4n) is 2.81. The van der Waals surface area contributed by atoms with E-state index in [2.05, 4.69) is 30.9 Å². The molecule has 0 amide bonds. The standard InChI is InChI=1S/C17H25NO2S/c1-3-18(4-2)11-12-20-17(19)16(14-8-5-6-9-14)15-10-7-13-21-15/h5,7-8,10,13-14,16H,3-4,6,9,11-12H2,1-2H3/t14-,16+/m0/s1. The molecule has 2 rings (SSSR count). The van der Waals surface area contributed by atoms with Crippen molar-refractivity contribution in [2.45, 2.75) is 32.6 Å². The van der Waals surface area contributed by atoms with Gasteiger partial charge in [0.25, 0.3) is 0 Å². The molecule has 0 unspecified atom stereocenters. The van der Waals surface area contributed by atoms with Crippen molar-refractivity contribution in [2.24, 2.45) is 5.92 Å². The zero-order chi connectivity index (χ0) is 15.1. The third-order valence-electron chi connectivity index (χ3n) is 4.13. The number of rotatable bonds is 8. The molecule has 4 heteroatoms. The zero-order valence-electron chi connectivity index (χ0n) is 13.0. The first-order chi connectivity index (χ1) is 10.3. The van der Waals surface area contributed by atoms with Gasteiger partial charge in [-0.3, -0.25) is 4.79 Å². The topological polar surface area (TPSA) is 29.5 Å². The van der Waals surface area contributed by atoms with Gasteiger partial charge in [-0.15, -0.1) is 11.3 Å². The van der Waals surface area contributed by atoms with Crippen molar-refractivity contribution >= 4 is 17.3 Å². The maximum atomic E-state index is 12.5. The summed E-state index contributed by atoms with van der Waals surface area (Å²) in [5, 5.41) is 2.03. The quantitative estimate of drug-likeness (QED) is 0.542. The van der Waals surface area contributed by atoms with Crippen molar-refractivity contribution in [1.82, 2.24) is 4.90 Å². The molecule has 0 spiro atoms. The first-order valence-corrected chi connectivity index (χ1v) is 8.73. The summed E-state index contributed by atoms with van der Waals surface area (Å²) in [5.74, 6) is 0.103. The van der Waals surface area contributed by atoms with E-state index in [4.69, 9.17) is 4.74 Å². The Morgan fingerprint density at radius 1 is 1.48 bits per heavy atom. The van der Waals surface area contributed by atoms with E-state index in [1.54, 1.807) is 11.3 Å². The maximum absolute atomic E-state index is 12.5. The van der Waals surface area contributed by atoms with Crippen molar-refractivity contribution in [1.29, 1.82) is 0 Å². The molecule has 0 radical (unpaired) electrons. The SMILES string of the molecule is CCN(CC)CCOC(=O)[C@@H](c1cccs1)[C@H]1C=CCC1. The number of hydrogen-bond acceptors (Lipinski definition) is 4. The summed E-state index contributed by atoms with van der Waals surface area (Å²) in [6, 6.07) is 4.06. The number of carbonyl (C=O) groups excluding carboxylic acids is 1. The summed E-state index contributed by atoms with van der Waals surface area (Å²) in [6.45, 7) is 7.54. The maximum Gasteiger partial charge on any atom is 0.314 e. The lowest BCUT2D eigenvalue weighted by molar-refractivity contribution is -0.146. The highest BCUT2D eigenvalue weighted by Gasteiger charge is 2.31. The number of ether oxygens (including phenoxy) is 1. The second-order valence-electron chi connectivity index (χ2n) is 5.36. The molecule has 0 aromatic carbocycles. The van der Waals surface area contributed by atoms with Gasteiger partial charge < -0.3 is 9.64 Å². The molecular formula is C17H25NO2S. The Labute approximate surface area is 131 Å². The van der Waals surface area contributed by atoms with Crippen LogP contribution in [0, 0.1) is 5.92 Å². The van der Waals surface area contributed by atoms with Gasteiger partial charge in [-0.1, -0.05) is 32.1 Å². The van der Waals surface area contributed by atoms with E-state index in [9.17, 15) is 4.79 Å². The number of thiophene rings is 1. The molecule has 0 saturated heterocycles. The Morgan fingerprint density at radius 3 is 2.86 bits per heavy atom. The average molecular weight is 307 g/mol. The van der Waals surface area contributed by atoms with Gasteiger partial charge in [-0.25, -0.2) is 0 Å². The third-order valence-corrected chi connectivity index (χ3v) is 5.08. The minimum absolute atomic E-state index is 0.0684. The second-order valence-corrected chi connectivity index (χ2v) is 6.34. The highest BCUT2D eigenvalue weighted by Crippen LogP contribution is 2.36. The lowest BCUT2D eigenvalue weighted by Gasteiger charge is -2.22. The Morgan fingerprint density at radius 2 is 2.29 bits per heavy atom. The summed E-state index contributed by atoms with van der Waals surface area (Å²) < 4.78 is 5.57. The molecule has 0 N–H and O–H groups in total. The van der Waals surface area contributed by atoms with E-state index < -0.39 is 0 Å². The van der Waals surface area contributed by atoms with E-state index in [0.717, 1.165) is 37.4 Å². The molecular weight excluding hydrogens is 282 g/mol. The van der Waals surface area contributed by atoms with Gasteiger partial charge in [-0.2, -0.15) is 0 Å². The minimum Gasteiger partial charge on any atom is -0.464 e. The molecule has 0 aliphatic heterocycles. The predicted octanol–water partition coefficient (Wildman–Crippen LogP) is 3.68. The Kier molecular flexibility index (Phi) is 6.46. The van der Waals surface area contributed by atoms with E-state index in [-0.39, 0.29) is 11.9 Å². The normalized spacial score (nSPS) is 19.1. The van der Waals surface area contributed by atoms with Crippen molar-refractivity contribution in [3.05, 3.63) is 34.5 Å². The van der Waals surface area contributed by atoms with Crippen LogP contribution in [0.4, 0.5) is 0 Å². The van der Waals surface area contributed by atoms with Crippen molar-refractivity contribution in [3.63, 3.8) is 0 Å². The van der Waals surface area contributed by atoms with Gasteiger partial charge in [0, 0.05) is 11.4 Å². The molecule has 1 heterocycles. The van der Waals surface area contributed by atoms with Crippen LogP contribution in [-0.2, 0) is 9.53 Å². The molecule has 1 aromatic heterocycles. The summed E-state index contributed by atoms with van der Waals surface area (Å²) in [6.07, 6.45) is 6.47. The third kappa shape index (κ3) is 4.42. The van der Waals surface area contributed by atoms with Crippen LogP contribution in [0.5, 0.6) is 0 Å². The fourth-order valence-corrected chi connectivity index (χ4v) is 3.70. The van der Waals surface area contributed by atoms with Crippen molar-refractivity contribution in [2.75, 3.05) is 26.2 Å². The number of allylic oxidation sites excluding steroid dienone is 2. The van der Waals surface area contributed by atoms with Crippen LogP contribution in [0.2, 0.25) is 0 Å². The summed E-state index contributed by atoms with van der Waals surface area (Å²) >= 11 is 1.65. The number of esters is 1. The molecule has 0 fully saturated rings. The lowest BCUT2D eigenvalue weighted by atomic mass is 9.90. The van der Waals surface area contributed by atoms with Crippen molar-refractivity contribution in [3.8, 4) is 0 Å². The second kappa shape index (κ2) is 8.35.